The van der Waals surface area contributed by atoms with E-state index in [4.69, 9.17) is 4.74 Å². The van der Waals surface area contributed by atoms with Gasteiger partial charge < -0.3 is 4.74 Å². The highest BCUT2D eigenvalue weighted by molar-refractivity contribution is 5.88. The van der Waals surface area contributed by atoms with Crippen LogP contribution < -0.4 is 10.1 Å². The maximum Gasteiger partial charge on any atom is 0.143 e. The fourth-order valence-corrected chi connectivity index (χ4v) is 2.88. The zero-order chi connectivity index (χ0) is 14.7. The third kappa shape index (κ3) is 2.72. The van der Waals surface area contributed by atoms with Crippen LogP contribution >= 0.6 is 0 Å². The minimum atomic E-state index is -0.550. The highest BCUT2D eigenvalue weighted by atomic mass is 16.5. The number of fused-ring (bicyclic) bond motifs is 1. The monoisotopic (exact) mass is 280 g/mol. The molecule has 21 heavy (non-hydrogen) atoms. The largest absolute Gasteiger partial charge is 0.490 e. The van der Waals surface area contributed by atoms with Crippen LogP contribution in [-0.2, 0) is 0 Å². The molecule has 0 aromatic heterocycles. The normalized spacial score (nSPS) is 17.1. The predicted molar refractivity (Wildman–Crippen MR) is 84.2 cm³/mol. The fraction of sp³-hybridized carbons (Fsp3) is 0.389. The van der Waals surface area contributed by atoms with Crippen LogP contribution in [0.5, 0.6) is 5.75 Å². The third-order valence-corrected chi connectivity index (χ3v) is 4.17. The number of hydrogen-bond acceptors (Lipinski definition) is 3. The topological polar surface area (TPSA) is 45.0 Å². The Hall–Kier alpha value is -2.05. The number of nitrogens with zero attached hydrogens (tertiary/aromatic N) is 1. The highest BCUT2D eigenvalue weighted by Crippen LogP contribution is 2.40. The Labute approximate surface area is 125 Å². The Morgan fingerprint density at radius 3 is 2.71 bits per heavy atom. The van der Waals surface area contributed by atoms with Crippen molar-refractivity contribution in [1.29, 1.82) is 5.26 Å². The Bertz CT molecular complexity index is 667. The Morgan fingerprint density at radius 2 is 2.00 bits per heavy atom. The van der Waals surface area contributed by atoms with E-state index >= 15 is 0 Å². The Kier molecular flexibility index (Phi) is 3.81. The van der Waals surface area contributed by atoms with Gasteiger partial charge in [0.05, 0.1) is 6.07 Å². The molecule has 1 unspecified atom stereocenters. The van der Waals surface area contributed by atoms with E-state index in [1.165, 1.54) is 0 Å². The van der Waals surface area contributed by atoms with Crippen molar-refractivity contribution in [3.8, 4) is 11.8 Å². The second-order valence-corrected chi connectivity index (χ2v) is 5.65. The van der Waals surface area contributed by atoms with Gasteiger partial charge in [0.2, 0.25) is 0 Å². The average Bonchev–Trinajstić information content (AvgIpc) is 3.37. The van der Waals surface area contributed by atoms with Crippen LogP contribution in [0.2, 0.25) is 0 Å². The summed E-state index contributed by atoms with van der Waals surface area (Å²) in [5.41, 5.74) is -0.550. The zero-order valence-corrected chi connectivity index (χ0v) is 12.3. The van der Waals surface area contributed by atoms with Crippen LogP contribution in [0.1, 0.15) is 19.8 Å². The lowest BCUT2D eigenvalue weighted by Gasteiger charge is -2.27. The number of likely N-dealkylation sites (N-methyl/N-ethyl adjacent to an activating group) is 1. The van der Waals surface area contributed by atoms with Crippen LogP contribution in [-0.4, -0.2) is 18.7 Å². The van der Waals surface area contributed by atoms with E-state index in [-0.39, 0.29) is 0 Å². The molecular weight excluding hydrogens is 260 g/mol. The number of nitriles is 1. The second kappa shape index (κ2) is 5.75. The van der Waals surface area contributed by atoms with Crippen molar-refractivity contribution in [1.82, 2.24) is 5.32 Å². The number of benzene rings is 2. The van der Waals surface area contributed by atoms with Crippen LogP contribution in [0, 0.1) is 17.2 Å². The zero-order valence-electron chi connectivity index (χ0n) is 12.3. The smallest absolute Gasteiger partial charge is 0.143 e. The van der Waals surface area contributed by atoms with Crippen molar-refractivity contribution in [2.45, 2.75) is 25.3 Å². The SMILES string of the molecule is CCNC(C#N)(COc1cccc2ccccc12)C1CC1. The van der Waals surface area contributed by atoms with Crippen LogP contribution in [0.15, 0.2) is 42.5 Å². The molecule has 1 aliphatic carbocycles. The molecule has 3 rings (SSSR count). The molecule has 0 radical (unpaired) electrons. The van der Waals surface area contributed by atoms with Gasteiger partial charge in [0.1, 0.15) is 17.9 Å². The number of ether oxygens (including phenoxy) is 1. The van der Waals surface area contributed by atoms with Gasteiger partial charge in [-0.3, -0.25) is 5.32 Å². The molecule has 0 heterocycles. The summed E-state index contributed by atoms with van der Waals surface area (Å²) in [4.78, 5) is 0. The number of nitrogens with one attached hydrogen (secondary N) is 1. The molecule has 0 bridgehead atoms. The molecule has 1 aliphatic rings. The first-order valence-electron chi connectivity index (χ1n) is 7.56. The molecule has 3 heteroatoms. The van der Waals surface area contributed by atoms with Gasteiger partial charge in [-0.15, -0.1) is 0 Å². The molecule has 108 valence electrons. The molecule has 2 aromatic carbocycles. The highest BCUT2D eigenvalue weighted by Gasteiger charge is 2.46. The predicted octanol–water partition coefficient (Wildman–Crippen LogP) is 3.50. The van der Waals surface area contributed by atoms with Crippen molar-refractivity contribution in [2.24, 2.45) is 5.92 Å². The summed E-state index contributed by atoms with van der Waals surface area (Å²) < 4.78 is 6.04. The van der Waals surface area contributed by atoms with Gasteiger partial charge in [-0.05, 0) is 36.8 Å². The van der Waals surface area contributed by atoms with Gasteiger partial charge in [-0.2, -0.15) is 5.26 Å². The first kappa shape index (κ1) is 13.9. The molecule has 0 amide bonds. The molecular formula is C18H20N2O. The minimum Gasteiger partial charge on any atom is -0.490 e. The van der Waals surface area contributed by atoms with Gasteiger partial charge in [0.25, 0.3) is 0 Å². The summed E-state index contributed by atoms with van der Waals surface area (Å²) >= 11 is 0. The van der Waals surface area contributed by atoms with E-state index in [1.54, 1.807) is 0 Å². The van der Waals surface area contributed by atoms with Gasteiger partial charge in [-0.25, -0.2) is 0 Å². The molecule has 3 nitrogen and oxygen atoms in total. The van der Waals surface area contributed by atoms with E-state index < -0.39 is 5.54 Å². The maximum atomic E-state index is 9.62. The molecule has 0 saturated heterocycles. The fourth-order valence-electron chi connectivity index (χ4n) is 2.88. The van der Waals surface area contributed by atoms with E-state index in [9.17, 15) is 5.26 Å². The van der Waals surface area contributed by atoms with Gasteiger partial charge in [0.15, 0.2) is 0 Å². The Balaban J connectivity index is 1.83. The Morgan fingerprint density at radius 1 is 1.24 bits per heavy atom. The summed E-state index contributed by atoms with van der Waals surface area (Å²) in [6.07, 6.45) is 2.22. The third-order valence-electron chi connectivity index (χ3n) is 4.17. The van der Waals surface area contributed by atoms with E-state index in [0.29, 0.717) is 12.5 Å². The van der Waals surface area contributed by atoms with Crippen LogP contribution in [0.3, 0.4) is 0 Å². The van der Waals surface area contributed by atoms with Crippen LogP contribution in [0.25, 0.3) is 10.8 Å². The number of rotatable bonds is 6. The lowest BCUT2D eigenvalue weighted by Crippen LogP contribution is -2.50. The summed E-state index contributed by atoms with van der Waals surface area (Å²) in [5.74, 6) is 1.27. The summed E-state index contributed by atoms with van der Waals surface area (Å²) in [6.45, 7) is 3.21. The summed E-state index contributed by atoms with van der Waals surface area (Å²) in [7, 11) is 0. The molecule has 1 atom stereocenters. The van der Waals surface area contributed by atoms with Crippen molar-refractivity contribution in [2.75, 3.05) is 13.2 Å². The number of hydrogen-bond donors (Lipinski definition) is 1. The summed E-state index contributed by atoms with van der Waals surface area (Å²) in [5, 5.41) is 15.2. The van der Waals surface area contributed by atoms with Gasteiger partial charge in [-0.1, -0.05) is 43.3 Å². The minimum absolute atomic E-state index is 0.399. The van der Waals surface area contributed by atoms with Crippen molar-refractivity contribution in [3.63, 3.8) is 0 Å². The lowest BCUT2D eigenvalue weighted by molar-refractivity contribution is 0.206. The standard InChI is InChI=1S/C18H20N2O/c1-2-20-18(12-19,15-10-11-15)13-21-17-9-5-7-14-6-3-4-8-16(14)17/h3-9,15,20H,2,10-11,13H2,1H3. The lowest BCUT2D eigenvalue weighted by atomic mass is 9.96. The van der Waals surface area contributed by atoms with Crippen molar-refractivity contribution >= 4 is 10.8 Å². The molecule has 1 fully saturated rings. The van der Waals surface area contributed by atoms with E-state index in [0.717, 1.165) is 35.9 Å². The van der Waals surface area contributed by atoms with Crippen LogP contribution in [0.4, 0.5) is 0 Å². The average molecular weight is 280 g/mol. The van der Waals surface area contributed by atoms with E-state index in [1.807, 2.05) is 31.2 Å². The maximum absolute atomic E-state index is 9.62. The first-order chi connectivity index (χ1) is 10.3. The van der Waals surface area contributed by atoms with Crippen molar-refractivity contribution in [3.05, 3.63) is 42.5 Å². The molecule has 0 spiro atoms. The molecule has 2 aromatic rings. The van der Waals surface area contributed by atoms with Gasteiger partial charge in [0, 0.05) is 5.39 Å². The molecule has 1 N–H and O–H groups in total. The van der Waals surface area contributed by atoms with Crippen molar-refractivity contribution < 1.29 is 4.74 Å². The molecule has 0 aliphatic heterocycles. The summed E-state index contributed by atoms with van der Waals surface area (Å²) in [6, 6.07) is 16.7. The second-order valence-electron chi connectivity index (χ2n) is 5.65. The first-order valence-corrected chi connectivity index (χ1v) is 7.56. The quantitative estimate of drug-likeness (QED) is 0.880. The van der Waals surface area contributed by atoms with E-state index in [2.05, 4.69) is 29.6 Å². The van der Waals surface area contributed by atoms with Gasteiger partial charge >= 0.3 is 0 Å². The molecule has 1 saturated carbocycles.